The molecule has 5 nitrogen and oxygen atoms in total. The van der Waals surface area contributed by atoms with Gasteiger partial charge in [0.05, 0.1) is 31.8 Å². The molecule has 0 saturated heterocycles. The molecule has 0 unspecified atom stereocenters. The Balaban J connectivity index is 1.73. The minimum atomic E-state index is 0.0362. The summed E-state index contributed by atoms with van der Waals surface area (Å²) in [5, 5.41) is 0.890. The molecule has 0 aliphatic heterocycles. The van der Waals surface area contributed by atoms with Gasteiger partial charge in [0, 0.05) is 22.7 Å². The van der Waals surface area contributed by atoms with Crippen LogP contribution in [-0.2, 0) is 6.54 Å². The van der Waals surface area contributed by atoms with Crippen LogP contribution in [0, 0.1) is 6.92 Å². The largest absolute Gasteiger partial charge is 0.497 e. The fourth-order valence-corrected chi connectivity index (χ4v) is 3.58. The number of fused-ring (bicyclic) bond motifs is 1. The van der Waals surface area contributed by atoms with Crippen LogP contribution in [-0.4, -0.2) is 36.1 Å². The molecule has 0 bridgehead atoms. The minimum absolute atomic E-state index is 0.0362. The van der Waals surface area contributed by atoms with Gasteiger partial charge in [0.25, 0.3) is 5.91 Å². The van der Waals surface area contributed by atoms with E-state index in [-0.39, 0.29) is 11.9 Å². The van der Waals surface area contributed by atoms with Crippen molar-refractivity contribution in [1.29, 1.82) is 0 Å². The van der Waals surface area contributed by atoms with Crippen LogP contribution in [0.1, 0.15) is 34.5 Å². The van der Waals surface area contributed by atoms with Gasteiger partial charge in [-0.1, -0.05) is 18.2 Å². The van der Waals surface area contributed by atoms with E-state index in [1.54, 1.807) is 14.2 Å². The number of hydrogen-bond donors (Lipinski definition) is 0. The van der Waals surface area contributed by atoms with E-state index in [9.17, 15) is 4.79 Å². The summed E-state index contributed by atoms with van der Waals surface area (Å²) < 4.78 is 10.9. The Morgan fingerprint density at radius 1 is 1.11 bits per heavy atom. The lowest BCUT2D eigenvalue weighted by Gasteiger charge is -2.24. The fraction of sp³-hybridized carbons (Fsp3) is 0.304. The number of aryl methyl sites for hydroxylation is 1. The highest BCUT2D eigenvalue weighted by Gasteiger charge is 2.34. The highest BCUT2D eigenvalue weighted by Crippen LogP contribution is 2.34. The van der Waals surface area contributed by atoms with Crippen molar-refractivity contribution >= 4 is 16.8 Å². The molecule has 1 aromatic heterocycles. The second kappa shape index (κ2) is 7.50. The van der Waals surface area contributed by atoms with Gasteiger partial charge in [0.1, 0.15) is 11.5 Å². The number of pyridine rings is 1. The number of carbonyl (C=O) groups excluding carboxylic acids is 1. The zero-order chi connectivity index (χ0) is 19.7. The molecule has 1 saturated carbocycles. The van der Waals surface area contributed by atoms with Crippen molar-refractivity contribution in [1.82, 2.24) is 9.88 Å². The van der Waals surface area contributed by atoms with Gasteiger partial charge in [-0.15, -0.1) is 0 Å². The second-order valence-corrected chi connectivity index (χ2v) is 7.17. The molecule has 3 aromatic rings. The lowest BCUT2D eigenvalue weighted by atomic mass is 10.1. The minimum Gasteiger partial charge on any atom is -0.497 e. The molecule has 144 valence electrons. The van der Waals surface area contributed by atoms with E-state index in [1.807, 2.05) is 60.4 Å². The Bertz CT molecular complexity index is 1030. The maximum Gasteiger partial charge on any atom is 0.255 e. The topological polar surface area (TPSA) is 51.7 Å². The Morgan fingerprint density at radius 2 is 1.89 bits per heavy atom. The molecule has 28 heavy (non-hydrogen) atoms. The maximum absolute atomic E-state index is 13.6. The van der Waals surface area contributed by atoms with E-state index in [1.165, 1.54) is 0 Å². The summed E-state index contributed by atoms with van der Waals surface area (Å²) in [6.07, 6.45) is 2.06. The van der Waals surface area contributed by atoms with E-state index in [0.717, 1.165) is 46.5 Å². The fourth-order valence-electron chi connectivity index (χ4n) is 3.58. The number of methoxy groups -OCH3 is 2. The van der Waals surface area contributed by atoms with Crippen molar-refractivity contribution in [2.75, 3.05) is 14.2 Å². The molecule has 0 N–H and O–H groups in total. The van der Waals surface area contributed by atoms with Crippen LogP contribution >= 0.6 is 0 Å². The average Bonchev–Trinajstić information content (AvgIpc) is 3.55. The molecule has 1 fully saturated rings. The first-order chi connectivity index (χ1) is 13.6. The number of para-hydroxylation sites is 1. The van der Waals surface area contributed by atoms with Gasteiger partial charge in [0.2, 0.25) is 0 Å². The number of rotatable bonds is 6. The molecular formula is C23H24N2O3. The molecule has 5 heteroatoms. The van der Waals surface area contributed by atoms with Crippen molar-refractivity contribution in [3.8, 4) is 11.5 Å². The van der Waals surface area contributed by atoms with Crippen LogP contribution in [0.25, 0.3) is 10.9 Å². The zero-order valence-electron chi connectivity index (χ0n) is 16.4. The summed E-state index contributed by atoms with van der Waals surface area (Å²) in [5.41, 5.74) is 3.34. The first kappa shape index (κ1) is 18.3. The quantitative estimate of drug-likeness (QED) is 0.641. The van der Waals surface area contributed by atoms with Gasteiger partial charge >= 0.3 is 0 Å². The number of carbonyl (C=O) groups is 1. The van der Waals surface area contributed by atoms with E-state index >= 15 is 0 Å². The second-order valence-electron chi connectivity index (χ2n) is 7.17. The van der Waals surface area contributed by atoms with Crippen molar-refractivity contribution in [2.24, 2.45) is 0 Å². The zero-order valence-corrected chi connectivity index (χ0v) is 16.4. The van der Waals surface area contributed by atoms with Crippen molar-refractivity contribution in [3.63, 3.8) is 0 Å². The van der Waals surface area contributed by atoms with Crippen LogP contribution in [0.2, 0.25) is 0 Å². The van der Waals surface area contributed by atoms with Crippen LogP contribution in [0.3, 0.4) is 0 Å². The van der Waals surface area contributed by atoms with Crippen molar-refractivity contribution in [3.05, 3.63) is 65.4 Å². The van der Waals surface area contributed by atoms with E-state index in [4.69, 9.17) is 9.47 Å². The predicted molar refractivity (Wildman–Crippen MR) is 109 cm³/mol. The molecule has 0 atom stereocenters. The monoisotopic (exact) mass is 376 g/mol. The summed E-state index contributed by atoms with van der Waals surface area (Å²) in [6.45, 7) is 2.41. The molecule has 4 rings (SSSR count). The third-order valence-corrected chi connectivity index (χ3v) is 5.15. The van der Waals surface area contributed by atoms with E-state index in [2.05, 4.69) is 4.98 Å². The number of hydrogen-bond acceptors (Lipinski definition) is 4. The lowest BCUT2D eigenvalue weighted by molar-refractivity contribution is 0.0730. The van der Waals surface area contributed by atoms with E-state index in [0.29, 0.717) is 12.1 Å². The number of aromatic nitrogens is 1. The smallest absolute Gasteiger partial charge is 0.255 e. The summed E-state index contributed by atoms with van der Waals surface area (Å²) in [7, 11) is 3.29. The maximum atomic E-state index is 13.6. The van der Waals surface area contributed by atoms with Crippen LogP contribution in [0.4, 0.5) is 0 Å². The first-order valence-corrected chi connectivity index (χ1v) is 9.49. The third kappa shape index (κ3) is 3.52. The molecule has 1 aliphatic rings. The Labute approximate surface area is 164 Å². The number of ether oxygens (including phenoxy) is 2. The molecule has 1 amide bonds. The Morgan fingerprint density at radius 3 is 2.61 bits per heavy atom. The highest BCUT2D eigenvalue weighted by molar-refractivity contribution is 6.06. The van der Waals surface area contributed by atoms with Gasteiger partial charge in [0.15, 0.2) is 0 Å². The van der Waals surface area contributed by atoms with Gasteiger partial charge in [-0.3, -0.25) is 9.78 Å². The highest BCUT2D eigenvalue weighted by atomic mass is 16.5. The molecule has 0 spiro atoms. The summed E-state index contributed by atoms with van der Waals surface area (Å²) >= 11 is 0. The average molecular weight is 376 g/mol. The van der Waals surface area contributed by atoms with Crippen molar-refractivity contribution < 1.29 is 14.3 Å². The SMILES string of the molecule is COc1ccc(OC)c(CN(C(=O)c2cc(C)nc3ccccc23)C2CC2)c1. The first-order valence-electron chi connectivity index (χ1n) is 9.49. The van der Waals surface area contributed by atoms with Crippen LogP contribution in [0.15, 0.2) is 48.5 Å². The standard InChI is InChI=1S/C23H24N2O3/c1-15-12-20(19-6-4-5-7-21(19)24-15)23(26)25(17-8-9-17)14-16-13-18(27-2)10-11-22(16)28-3/h4-7,10-13,17H,8-9,14H2,1-3H3. The number of benzene rings is 2. The summed E-state index contributed by atoms with van der Waals surface area (Å²) in [6, 6.07) is 15.7. The number of amides is 1. The van der Waals surface area contributed by atoms with Crippen molar-refractivity contribution in [2.45, 2.75) is 32.4 Å². The lowest BCUT2D eigenvalue weighted by Crippen LogP contribution is -2.33. The molecule has 2 aromatic carbocycles. The summed E-state index contributed by atoms with van der Waals surface area (Å²) in [5.74, 6) is 1.55. The molecular weight excluding hydrogens is 352 g/mol. The van der Waals surface area contributed by atoms with Gasteiger partial charge in [-0.25, -0.2) is 0 Å². The molecule has 1 heterocycles. The normalized spacial score (nSPS) is 13.4. The third-order valence-electron chi connectivity index (χ3n) is 5.15. The van der Waals surface area contributed by atoms with Gasteiger partial charge in [-0.05, 0) is 50.1 Å². The Hall–Kier alpha value is -3.08. The molecule has 0 radical (unpaired) electrons. The Kier molecular flexibility index (Phi) is 4.90. The van der Waals surface area contributed by atoms with Gasteiger partial charge < -0.3 is 14.4 Å². The van der Waals surface area contributed by atoms with Gasteiger partial charge in [-0.2, -0.15) is 0 Å². The van der Waals surface area contributed by atoms with Crippen LogP contribution < -0.4 is 9.47 Å². The number of nitrogens with zero attached hydrogens (tertiary/aromatic N) is 2. The summed E-state index contributed by atoms with van der Waals surface area (Å²) in [4.78, 5) is 20.1. The van der Waals surface area contributed by atoms with Crippen LogP contribution in [0.5, 0.6) is 11.5 Å². The molecule has 1 aliphatic carbocycles. The van der Waals surface area contributed by atoms with E-state index < -0.39 is 0 Å². The predicted octanol–water partition coefficient (Wildman–Crippen LogP) is 4.37.